The lowest BCUT2D eigenvalue weighted by Crippen LogP contribution is -2.32. The number of hydrogen-bond donors (Lipinski definition) is 1. The molecular weight excluding hydrogens is 319 g/mol. The van der Waals surface area contributed by atoms with Gasteiger partial charge in [0.1, 0.15) is 5.82 Å². The van der Waals surface area contributed by atoms with Crippen molar-refractivity contribution in [1.29, 1.82) is 0 Å². The second-order valence-corrected chi connectivity index (χ2v) is 5.31. The van der Waals surface area contributed by atoms with Crippen LogP contribution in [-0.2, 0) is 19.1 Å². The van der Waals surface area contributed by atoms with Crippen LogP contribution in [0.5, 0.6) is 0 Å². The number of nitrogens with two attached hydrogens (primary N) is 1. The Labute approximate surface area is 129 Å². The van der Waals surface area contributed by atoms with E-state index in [1.165, 1.54) is 0 Å². The minimum atomic E-state index is -4.46. The van der Waals surface area contributed by atoms with E-state index in [4.69, 9.17) is 17.3 Å². The topological polar surface area (TPSA) is 67.9 Å². The number of pyridine rings is 1. The predicted molar refractivity (Wildman–Crippen MR) is 75.4 cm³/mol. The molecule has 0 aromatic carbocycles. The molecule has 1 aliphatic rings. The molecule has 2 N–H and O–H groups in total. The van der Waals surface area contributed by atoms with Gasteiger partial charge in [-0.05, 0) is 6.07 Å². The van der Waals surface area contributed by atoms with Crippen LogP contribution in [0, 0.1) is 0 Å². The van der Waals surface area contributed by atoms with Crippen molar-refractivity contribution < 1.29 is 13.2 Å². The maximum Gasteiger partial charge on any atom is 0.417 e. The van der Waals surface area contributed by atoms with Crippen molar-refractivity contribution in [3.05, 3.63) is 40.3 Å². The molecule has 0 saturated heterocycles. The van der Waals surface area contributed by atoms with Crippen molar-refractivity contribution in [3.8, 4) is 0 Å². The number of hydrogen-bond acceptors (Lipinski definition) is 5. The van der Waals surface area contributed by atoms with E-state index in [0.717, 1.165) is 23.5 Å². The first kappa shape index (κ1) is 14.8. The first-order valence-electron chi connectivity index (χ1n) is 6.42. The summed E-state index contributed by atoms with van der Waals surface area (Å²) in [6.45, 7) is 0.967. The molecule has 2 aromatic heterocycles. The van der Waals surface area contributed by atoms with Crippen LogP contribution in [0.1, 0.15) is 16.8 Å². The molecule has 0 amide bonds. The number of aromatic nitrogens is 3. The maximum atomic E-state index is 12.6. The fourth-order valence-corrected chi connectivity index (χ4v) is 2.62. The van der Waals surface area contributed by atoms with E-state index in [0.29, 0.717) is 25.3 Å². The van der Waals surface area contributed by atoms with Gasteiger partial charge in [-0.3, -0.25) is 0 Å². The van der Waals surface area contributed by atoms with Crippen molar-refractivity contribution >= 4 is 23.4 Å². The first-order chi connectivity index (χ1) is 10.3. The van der Waals surface area contributed by atoms with E-state index < -0.39 is 11.7 Å². The average molecular weight is 330 g/mol. The number of halogens is 4. The minimum Gasteiger partial charge on any atom is -0.368 e. The van der Waals surface area contributed by atoms with Crippen molar-refractivity contribution in [1.82, 2.24) is 15.0 Å². The highest BCUT2D eigenvalue weighted by molar-refractivity contribution is 6.33. The van der Waals surface area contributed by atoms with Gasteiger partial charge in [-0.25, -0.2) is 15.0 Å². The van der Waals surface area contributed by atoms with E-state index >= 15 is 0 Å². The number of alkyl halides is 3. The second-order valence-electron chi connectivity index (χ2n) is 4.90. The van der Waals surface area contributed by atoms with Crippen LogP contribution < -0.4 is 10.6 Å². The van der Waals surface area contributed by atoms with Gasteiger partial charge >= 0.3 is 6.18 Å². The maximum absolute atomic E-state index is 12.6. The molecule has 3 rings (SSSR count). The number of rotatable bonds is 1. The third kappa shape index (κ3) is 2.78. The summed E-state index contributed by atoms with van der Waals surface area (Å²) in [5, 5.41) is -0.0327. The number of nitrogens with zero attached hydrogens (tertiary/aromatic N) is 4. The molecule has 0 spiro atoms. The molecule has 3 heterocycles. The molecule has 0 bridgehead atoms. The Bertz CT molecular complexity index is 719. The summed E-state index contributed by atoms with van der Waals surface area (Å²) in [5.41, 5.74) is 6.37. The third-order valence-corrected chi connectivity index (χ3v) is 3.68. The fourth-order valence-electron chi connectivity index (χ4n) is 2.33. The quantitative estimate of drug-likeness (QED) is 0.871. The van der Waals surface area contributed by atoms with Crippen molar-refractivity contribution in [2.24, 2.45) is 0 Å². The standard InChI is InChI=1S/C13H11ClF3N5/c14-9-3-8(13(15,16)17)5-19-11(9)22-2-1-10-7(6-22)4-20-12(18)21-10/h3-5H,1-2,6H2,(H2,18,20,21). The molecule has 5 nitrogen and oxygen atoms in total. The Morgan fingerprint density at radius 3 is 2.68 bits per heavy atom. The summed E-state index contributed by atoms with van der Waals surface area (Å²) in [5.74, 6) is 0.523. The summed E-state index contributed by atoms with van der Waals surface area (Å²) < 4.78 is 37.9. The highest BCUT2D eigenvalue weighted by Gasteiger charge is 2.32. The smallest absolute Gasteiger partial charge is 0.368 e. The summed E-state index contributed by atoms with van der Waals surface area (Å²) in [7, 11) is 0. The van der Waals surface area contributed by atoms with Crippen LogP contribution in [0.3, 0.4) is 0 Å². The summed E-state index contributed by atoms with van der Waals surface area (Å²) in [6.07, 6.45) is -1.46. The molecule has 1 aliphatic heterocycles. The number of fused-ring (bicyclic) bond motifs is 1. The first-order valence-corrected chi connectivity index (χ1v) is 6.80. The summed E-state index contributed by atoms with van der Waals surface area (Å²) >= 11 is 5.97. The van der Waals surface area contributed by atoms with Gasteiger partial charge in [0.2, 0.25) is 5.95 Å². The van der Waals surface area contributed by atoms with Crippen LogP contribution in [0.2, 0.25) is 5.02 Å². The van der Waals surface area contributed by atoms with Gasteiger partial charge in [0, 0.05) is 37.5 Å². The molecule has 0 atom stereocenters. The Kier molecular flexibility index (Phi) is 3.56. The lowest BCUT2D eigenvalue weighted by molar-refractivity contribution is -0.137. The van der Waals surface area contributed by atoms with Crippen molar-refractivity contribution in [2.45, 2.75) is 19.1 Å². The zero-order chi connectivity index (χ0) is 15.9. The van der Waals surface area contributed by atoms with Gasteiger partial charge in [-0.2, -0.15) is 13.2 Å². The largest absolute Gasteiger partial charge is 0.417 e. The average Bonchev–Trinajstić information content (AvgIpc) is 2.45. The molecule has 9 heteroatoms. The Hall–Kier alpha value is -2.09. The zero-order valence-corrected chi connectivity index (χ0v) is 12.0. The van der Waals surface area contributed by atoms with E-state index in [-0.39, 0.29) is 11.0 Å². The molecule has 0 unspecified atom stereocenters. The Balaban J connectivity index is 1.88. The molecule has 22 heavy (non-hydrogen) atoms. The van der Waals surface area contributed by atoms with E-state index in [1.807, 2.05) is 0 Å². The van der Waals surface area contributed by atoms with Gasteiger partial charge in [0.15, 0.2) is 0 Å². The normalized spacial score (nSPS) is 14.8. The number of anilines is 2. The lowest BCUT2D eigenvalue weighted by Gasteiger charge is -2.29. The molecule has 2 aromatic rings. The molecule has 0 saturated carbocycles. The molecular formula is C13H11ClF3N5. The molecule has 116 valence electrons. The van der Waals surface area contributed by atoms with Crippen molar-refractivity contribution in [3.63, 3.8) is 0 Å². The third-order valence-electron chi connectivity index (χ3n) is 3.40. The number of nitrogen functional groups attached to an aromatic ring is 1. The molecule has 0 radical (unpaired) electrons. The van der Waals surface area contributed by atoms with Gasteiger partial charge in [-0.15, -0.1) is 0 Å². The highest BCUT2D eigenvalue weighted by Crippen LogP contribution is 2.34. The van der Waals surface area contributed by atoms with Crippen LogP contribution in [0.25, 0.3) is 0 Å². The van der Waals surface area contributed by atoms with E-state index in [9.17, 15) is 13.2 Å². The van der Waals surface area contributed by atoms with Gasteiger partial charge < -0.3 is 10.6 Å². The fraction of sp³-hybridized carbons (Fsp3) is 0.308. The highest BCUT2D eigenvalue weighted by atomic mass is 35.5. The van der Waals surface area contributed by atoms with Crippen LogP contribution >= 0.6 is 11.6 Å². The molecule has 0 fully saturated rings. The minimum absolute atomic E-state index is 0.0327. The Morgan fingerprint density at radius 2 is 2.00 bits per heavy atom. The summed E-state index contributed by atoms with van der Waals surface area (Å²) in [4.78, 5) is 13.7. The Morgan fingerprint density at radius 1 is 1.23 bits per heavy atom. The molecule has 0 aliphatic carbocycles. The van der Waals surface area contributed by atoms with E-state index in [1.54, 1.807) is 11.1 Å². The van der Waals surface area contributed by atoms with Gasteiger partial charge in [-0.1, -0.05) is 11.6 Å². The summed E-state index contributed by atoms with van der Waals surface area (Å²) in [6, 6.07) is 0.888. The monoisotopic (exact) mass is 329 g/mol. The van der Waals surface area contributed by atoms with Gasteiger partial charge in [0.25, 0.3) is 0 Å². The van der Waals surface area contributed by atoms with Crippen molar-refractivity contribution in [2.75, 3.05) is 17.2 Å². The SMILES string of the molecule is Nc1ncc2c(n1)CCN(c1ncc(C(F)(F)F)cc1Cl)C2. The van der Waals surface area contributed by atoms with Crippen LogP contribution in [0.15, 0.2) is 18.5 Å². The predicted octanol–water partition coefficient (Wildman–Crippen LogP) is 2.69. The van der Waals surface area contributed by atoms with Crippen LogP contribution in [-0.4, -0.2) is 21.5 Å². The second kappa shape index (κ2) is 5.28. The van der Waals surface area contributed by atoms with E-state index in [2.05, 4.69) is 15.0 Å². The van der Waals surface area contributed by atoms with Gasteiger partial charge in [0.05, 0.1) is 16.3 Å². The lowest BCUT2D eigenvalue weighted by atomic mass is 10.1. The zero-order valence-electron chi connectivity index (χ0n) is 11.2. The van der Waals surface area contributed by atoms with Crippen LogP contribution in [0.4, 0.5) is 24.9 Å².